The molecule has 0 bridgehead atoms. The van der Waals surface area contributed by atoms with E-state index in [4.69, 9.17) is 4.98 Å². The summed E-state index contributed by atoms with van der Waals surface area (Å²) in [4.78, 5) is 8.26. The molecule has 2 aromatic heterocycles. The van der Waals surface area contributed by atoms with Gasteiger partial charge in [-0.3, -0.25) is 0 Å². The predicted octanol–water partition coefficient (Wildman–Crippen LogP) is 4.02. The van der Waals surface area contributed by atoms with Gasteiger partial charge in [0.1, 0.15) is 5.82 Å². The Labute approximate surface area is 154 Å². The number of benzene rings is 2. The lowest BCUT2D eigenvalue weighted by atomic mass is 10.1. The van der Waals surface area contributed by atoms with E-state index >= 15 is 0 Å². The van der Waals surface area contributed by atoms with Crippen LogP contribution >= 0.6 is 15.9 Å². The summed E-state index contributed by atoms with van der Waals surface area (Å²) in [5, 5.41) is 4.88. The molecule has 0 saturated carbocycles. The number of hydrogen-bond donors (Lipinski definition) is 2. The highest BCUT2D eigenvalue weighted by Crippen LogP contribution is 2.34. The highest BCUT2D eigenvalue weighted by molar-refractivity contribution is 9.10. The van der Waals surface area contributed by atoms with Crippen molar-refractivity contribution in [1.29, 1.82) is 0 Å². The second kappa shape index (κ2) is 6.00. The molecule has 5 heteroatoms. The van der Waals surface area contributed by atoms with Crippen LogP contribution in [0.1, 0.15) is 17.1 Å². The molecular formula is C20H19BrN4. The number of nitrogens with zero attached hydrogens (tertiary/aromatic N) is 2. The molecule has 0 spiro atoms. The smallest absolute Gasteiger partial charge is 0.127 e. The maximum Gasteiger partial charge on any atom is 0.127 e. The Bertz CT molecular complexity index is 1040. The highest BCUT2D eigenvalue weighted by atomic mass is 79.9. The fraction of sp³-hybridized carbons (Fsp3) is 0.250. The van der Waals surface area contributed by atoms with Crippen molar-refractivity contribution in [1.82, 2.24) is 19.9 Å². The Balaban J connectivity index is 1.69. The fourth-order valence-electron chi connectivity index (χ4n) is 4.00. The van der Waals surface area contributed by atoms with E-state index in [1.165, 1.54) is 26.6 Å². The standard InChI is InChI=1S/C20H19BrN4/c21-14-4-3-7-18-20(14)13-8-10-22-11-9-17(13)25(18)12-19-23-15-5-1-2-6-16(15)24-19/h1-7,22H,8-12H2,(H,23,24). The van der Waals surface area contributed by atoms with Gasteiger partial charge >= 0.3 is 0 Å². The molecule has 25 heavy (non-hydrogen) atoms. The number of aromatic amines is 1. The molecule has 5 rings (SSSR count). The Morgan fingerprint density at radius 1 is 1.04 bits per heavy atom. The Morgan fingerprint density at radius 3 is 2.84 bits per heavy atom. The number of imidazole rings is 1. The minimum absolute atomic E-state index is 0.775. The van der Waals surface area contributed by atoms with Gasteiger partial charge in [0.25, 0.3) is 0 Å². The number of rotatable bonds is 2. The first-order chi connectivity index (χ1) is 12.3. The van der Waals surface area contributed by atoms with E-state index in [0.717, 1.165) is 49.3 Å². The van der Waals surface area contributed by atoms with Gasteiger partial charge in [-0.15, -0.1) is 0 Å². The van der Waals surface area contributed by atoms with Crippen LogP contribution in [0.5, 0.6) is 0 Å². The first-order valence-electron chi connectivity index (χ1n) is 8.74. The van der Waals surface area contributed by atoms with Crippen molar-refractivity contribution in [2.45, 2.75) is 19.4 Å². The number of halogens is 1. The van der Waals surface area contributed by atoms with Crippen LogP contribution in [0.4, 0.5) is 0 Å². The third-order valence-electron chi connectivity index (χ3n) is 5.10. The van der Waals surface area contributed by atoms with Gasteiger partial charge in [-0.2, -0.15) is 0 Å². The van der Waals surface area contributed by atoms with E-state index in [9.17, 15) is 0 Å². The summed E-state index contributed by atoms with van der Waals surface area (Å²) in [6.45, 7) is 2.84. The summed E-state index contributed by atoms with van der Waals surface area (Å²) < 4.78 is 3.63. The van der Waals surface area contributed by atoms with Gasteiger partial charge in [0.2, 0.25) is 0 Å². The van der Waals surface area contributed by atoms with Crippen molar-refractivity contribution in [3.05, 3.63) is 64.0 Å². The van der Waals surface area contributed by atoms with Crippen molar-refractivity contribution in [3.63, 3.8) is 0 Å². The highest BCUT2D eigenvalue weighted by Gasteiger charge is 2.21. The minimum Gasteiger partial charge on any atom is -0.340 e. The predicted molar refractivity (Wildman–Crippen MR) is 105 cm³/mol. The third kappa shape index (κ3) is 2.50. The average molecular weight is 395 g/mol. The lowest BCUT2D eigenvalue weighted by molar-refractivity contribution is 0.684. The van der Waals surface area contributed by atoms with Gasteiger partial charge in [0, 0.05) is 28.5 Å². The molecule has 0 aliphatic carbocycles. The van der Waals surface area contributed by atoms with Crippen LogP contribution in [0.15, 0.2) is 46.9 Å². The molecular weight excluding hydrogens is 376 g/mol. The van der Waals surface area contributed by atoms with Crippen LogP contribution in [0, 0.1) is 0 Å². The van der Waals surface area contributed by atoms with Crippen molar-refractivity contribution < 1.29 is 0 Å². The van der Waals surface area contributed by atoms with Crippen molar-refractivity contribution in [2.75, 3.05) is 13.1 Å². The number of nitrogens with one attached hydrogen (secondary N) is 2. The van der Waals surface area contributed by atoms with Crippen LogP contribution in [0.2, 0.25) is 0 Å². The molecule has 1 aliphatic heterocycles. The van der Waals surface area contributed by atoms with Gasteiger partial charge in [-0.25, -0.2) is 4.98 Å². The monoisotopic (exact) mass is 394 g/mol. The quantitative estimate of drug-likeness (QED) is 0.539. The lowest BCUT2D eigenvalue weighted by Crippen LogP contribution is -2.17. The van der Waals surface area contributed by atoms with Crippen LogP contribution in [-0.2, 0) is 19.4 Å². The maximum atomic E-state index is 4.79. The summed E-state index contributed by atoms with van der Waals surface area (Å²) in [6, 6.07) is 14.7. The van der Waals surface area contributed by atoms with Gasteiger partial charge in [0.15, 0.2) is 0 Å². The Morgan fingerprint density at radius 2 is 1.92 bits per heavy atom. The molecule has 0 fully saturated rings. The number of hydrogen-bond acceptors (Lipinski definition) is 2. The zero-order valence-electron chi connectivity index (χ0n) is 13.8. The Hall–Kier alpha value is -2.11. The molecule has 4 nitrogen and oxygen atoms in total. The summed E-state index contributed by atoms with van der Waals surface area (Å²) in [6.07, 6.45) is 2.12. The van der Waals surface area contributed by atoms with E-state index in [-0.39, 0.29) is 0 Å². The van der Waals surface area contributed by atoms with Crippen molar-refractivity contribution >= 4 is 37.9 Å². The number of para-hydroxylation sites is 2. The van der Waals surface area contributed by atoms with E-state index < -0.39 is 0 Å². The van der Waals surface area contributed by atoms with Crippen LogP contribution < -0.4 is 5.32 Å². The average Bonchev–Trinajstić information content (AvgIpc) is 3.05. The molecule has 0 atom stereocenters. The van der Waals surface area contributed by atoms with Gasteiger partial charge < -0.3 is 14.9 Å². The molecule has 0 saturated heterocycles. The van der Waals surface area contributed by atoms with E-state index in [1.807, 2.05) is 12.1 Å². The van der Waals surface area contributed by atoms with Crippen LogP contribution in [0.25, 0.3) is 21.9 Å². The third-order valence-corrected chi connectivity index (χ3v) is 5.76. The number of fused-ring (bicyclic) bond motifs is 4. The summed E-state index contributed by atoms with van der Waals surface area (Å²) in [5.41, 5.74) is 6.34. The van der Waals surface area contributed by atoms with Crippen LogP contribution in [0.3, 0.4) is 0 Å². The molecule has 0 amide bonds. The molecule has 2 N–H and O–H groups in total. The molecule has 0 radical (unpaired) electrons. The van der Waals surface area contributed by atoms with Crippen LogP contribution in [-0.4, -0.2) is 27.6 Å². The zero-order valence-corrected chi connectivity index (χ0v) is 15.4. The fourth-order valence-corrected chi connectivity index (χ4v) is 4.60. The molecule has 1 aliphatic rings. The largest absolute Gasteiger partial charge is 0.340 e. The van der Waals surface area contributed by atoms with Gasteiger partial charge in [-0.05, 0) is 42.8 Å². The number of H-pyrrole nitrogens is 1. The van der Waals surface area contributed by atoms with E-state index in [2.05, 4.69) is 61.1 Å². The molecule has 2 aromatic carbocycles. The first kappa shape index (κ1) is 15.2. The van der Waals surface area contributed by atoms with Gasteiger partial charge in [-0.1, -0.05) is 34.1 Å². The lowest BCUT2D eigenvalue weighted by Gasteiger charge is -2.09. The topological polar surface area (TPSA) is 45.6 Å². The maximum absolute atomic E-state index is 4.79. The van der Waals surface area contributed by atoms with Crippen molar-refractivity contribution in [2.24, 2.45) is 0 Å². The Kier molecular flexibility index (Phi) is 3.64. The summed E-state index contributed by atoms with van der Waals surface area (Å²) in [5.74, 6) is 1.01. The zero-order chi connectivity index (χ0) is 16.8. The van der Waals surface area contributed by atoms with Gasteiger partial charge in [0.05, 0.1) is 23.1 Å². The molecule has 0 unspecified atom stereocenters. The van der Waals surface area contributed by atoms with Crippen molar-refractivity contribution in [3.8, 4) is 0 Å². The first-order valence-corrected chi connectivity index (χ1v) is 9.53. The normalized spacial score (nSPS) is 14.8. The molecule has 126 valence electrons. The SMILES string of the molecule is Brc1cccc2c1c1c(n2Cc2nc3ccccc3[nH]2)CCNCC1. The summed E-state index contributed by atoms with van der Waals surface area (Å²) >= 11 is 3.77. The second-order valence-corrected chi connectivity index (χ2v) is 7.45. The molecule has 3 heterocycles. The second-order valence-electron chi connectivity index (χ2n) is 6.60. The molecule has 4 aromatic rings. The minimum atomic E-state index is 0.775. The van der Waals surface area contributed by atoms with E-state index in [1.54, 1.807) is 0 Å². The van der Waals surface area contributed by atoms with E-state index in [0.29, 0.717) is 0 Å². The summed E-state index contributed by atoms with van der Waals surface area (Å²) in [7, 11) is 0. The number of aromatic nitrogens is 3.